The Labute approximate surface area is 207 Å². The van der Waals surface area contributed by atoms with E-state index < -0.39 is 23.8 Å². The second-order valence-corrected chi connectivity index (χ2v) is 8.88. The van der Waals surface area contributed by atoms with Crippen molar-refractivity contribution in [1.29, 1.82) is 0 Å². The van der Waals surface area contributed by atoms with Gasteiger partial charge in [-0.15, -0.1) is 0 Å². The molecule has 35 heavy (non-hydrogen) atoms. The minimum absolute atomic E-state index is 0.0309. The van der Waals surface area contributed by atoms with Crippen LogP contribution in [0.5, 0.6) is 5.75 Å². The number of nitrogen functional groups attached to an aromatic ring is 1. The van der Waals surface area contributed by atoms with Gasteiger partial charge >= 0.3 is 0 Å². The molecule has 0 aliphatic rings. The number of carbonyl (C=O) groups excluding carboxylic acids is 3. The van der Waals surface area contributed by atoms with E-state index in [4.69, 9.17) is 20.6 Å². The third-order valence-electron chi connectivity index (χ3n) is 5.14. The lowest BCUT2D eigenvalue weighted by molar-refractivity contribution is -0.122. The molecule has 0 unspecified atom stereocenters. The Balaban J connectivity index is 2.16. The molecule has 0 radical (unpaired) electrons. The number of furan rings is 1. The molecule has 3 aromatic rings. The van der Waals surface area contributed by atoms with E-state index in [1.54, 1.807) is 36.4 Å². The number of carbonyl (C=O) groups is 3. The molecule has 0 bridgehead atoms. The normalized spacial score (nSPS) is 11.8. The Hall–Kier alpha value is -3.86. The lowest BCUT2D eigenvalue weighted by Gasteiger charge is -2.31. The van der Waals surface area contributed by atoms with Crippen LogP contribution in [0.1, 0.15) is 59.2 Å². The van der Waals surface area contributed by atoms with E-state index >= 15 is 0 Å². The predicted molar refractivity (Wildman–Crippen MR) is 133 cm³/mol. The van der Waals surface area contributed by atoms with Gasteiger partial charge in [0.05, 0.1) is 24.2 Å². The van der Waals surface area contributed by atoms with Gasteiger partial charge in [0.25, 0.3) is 17.7 Å². The fourth-order valence-corrected chi connectivity index (χ4v) is 4.18. The van der Waals surface area contributed by atoms with E-state index in [1.807, 2.05) is 20.8 Å². The van der Waals surface area contributed by atoms with E-state index in [0.29, 0.717) is 30.5 Å². The number of anilines is 2. The monoisotopic (exact) mass is 499 g/mol. The maximum atomic E-state index is 14.0. The molecule has 1 atom stereocenters. The second kappa shape index (κ2) is 11.5. The molecule has 0 saturated heterocycles. The van der Waals surface area contributed by atoms with Gasteiger partial charge in [0, 0.05) is 6.54 Å². The van der Waals surface area contributed by atoms with Crippen LogP contribution < -0.4 is 26.4 Å². The standard InChI is InChI=1S/C24H29N5O5S/c1-4-33-16-9-6-5-8-15(16)29(24(32)21-18(25)19(22(26)30)28-35-21)20(17-10-7-13-34-17)23(31)27-12-11-14(2)3/h5-10,13-14,20H,4,11-12,25H2,1-3H3,(H2,26,30)(H,27,31)/t20-/m0/s1. The minimum atomic E-state index is -1.19. The predicted octanol–water partition coefficient (Wildman–Crippen LogP) is 3.37. The van der Waals surface area contributed by atoms with Crippen molar-refractivity contribution in [3.63, 3.8) is 0 Å². The highest BCUT2D eigenvalue weighted by molar-refractivity contribution is 7.09. The minimum Gasteiger partial charge on any atom is -0.492 e. The molecule has 0 aliphatic carbocycles. The summed E-state index contributed by atoms with van der Waals surface area (Å²) in [6.45, 7) is 6.66. The molecule has 1 aromatic carbocycles. The summed E-state index contributed by atoms with van der Waals surface area (Å²) in [4.78, 5) is 40.4. The van der Waals surface area contributed by atoms with E-state index in [-0.39, 0.29) is 22.0 Å². The van der Waals surface area contributed by atoms with Gasteiger partial charge in [0.15, 0.2) is 11.7 Å². The molecule has 3 rings (SSSR count). The van der Waals surface area contributed by atoms with Gasteiger partial charge in [-0.2, -0.15) is 4.37 Å². The zero-order chi connectivity index (χ0) is 25.5. The lowest BCUT2D eigenvalue weighted by Crippen LogP contribution is -2.44. The molecule has 5 N–H and O–H groups in total. The van der Waals surface area contributed by atoms with Crippen LogP contribution in [0.25, 0.3) is 0 Å². The summed E-state index contributed by atoms with van der Waals surface area (Å²) in [5.74, 6) is -0.956. The maximum Gasteiger partial charge on any atom is 0.273 e. The number of aromatic nitrogens is 1. The molecule has 11 heteroatoms. The summed E-state index contributed by atoms with van der Waals surface area (Å²) < 4.78 is 15.3. The molecule has 0 spiro atoms. The van der Waals surface area contributed by atoms with Crippen LogP contribution in [-0.2, 0) is 4.79 Å². The van der Waals surface area contributed by atoms with Gasteiger partial charge in [0.2, 0.25) is 0 Å². The molecule has 3 amide bonds. The van der Waals surface area contributed by atoms with Crippen LogP contribution >= 0.6 is 11.5 Å². The van der Waals surface area contributed by atoms with Crippen LogP contribution in [-0.4, -0.2) is 35.2 Å². The number of ether oxygens (including phenoxy) is 1. The highest BCUT2D eigenvalue weighted by Gasteiger charge is 2.38. The van der Waals surface area contributed by atoms with Crippen molar-refractivity contribution in [3.8, 4) is 5.75 Å². The van der Waals surface area contributed by atoms with E-state index in [0.717, 1.165) is 18.0 Å². The lowest BCUT2D eigenvalue weighted by atomic mass is 10.1. The fraction of sp³-hybridized carbons (Fsp3) is 0.333. The number of nitrogens with one attached hydrogen (secondary N) is 1. The first-order valence-electron chi connectivity index (χ1n) is 11.2. The summed E-state index contributed by atoms with van der Waals surface area (Å²) in [6, 6.07) is 8.89. The molecule has 0 fully saturated rings. The number of para-hydroxylation sites is 2. The topological polar surface area (TPSA) is 154 Å². The fourth-order valence-electron chi connectivity index (χ4n) is 3.44. The van der Waals surface area contributed by atoms with Gasteiger partial charge in [-0.25, -0.2) is 0 Å². The summed E-state index contributed by atoms with van der Waals surface area (Å²) in [6.07, 6.45) is 2.18. The second-order valence-electron chi connectivity index (χ2n) is 8.11. The van der Waals surface area contributed by atoms with Crippen LogP contribution in [0.2, 0.25) is 0 Å². The molecule has 186 valence electrons. The Morgan fingerprint density at radius 1 is 1.20 bits per heavy atom. The smallest absolute Gasteiger partial charge is 0.273 e. The van der Waals surface area contributed by atoms with Crippen LogP contribution in [0.15, 0.2) is 47.1 Å². The Bertz CT molecular complexity index is 1170. The van der Waals surface area contributed by atoms with Crippen molar-refractivity contribution in [2.24, 2.45) is 11.7 Å². The Morgan fingerprint density at radius 2 is 1.94 bits per heavy atom. The quantitative estimate of drug-likeness (QED) is 0.365. The number of rotatable bonds is 11. The van der Waals surface area contributed by atoms with Crippen molar-refractivity contribution in [2.45, 2.75) is 33.2 Å². The van der Waals surface area contributed by atoms with E-state index in [1.165, 1.54) is 11.2 Å². The van der Waals surface area contributed by atoms with Gasteiger partial charge in [-0.05, 0) is 55.1 Å². The summed E-state index contributed by atoms with van der Waals surface area (Å²) in [5.41, 5.74) is 11.4. The summed E-state index contributed by atoms with van der Waals surface area (Å²) >= 11 is 0.733. The third kappa shape index (κ3) is 5.80. The molecule has 2 aromatic heterocycles. The average Bonchev–Trinajstić information content (AvgIpc) is 3.47. The number of nitrogens with two attached hydrogens (primary N) is 2. The molecule has 2 heterocycles. The number of benzene rings is 1. The average molecular weight is 500 g/mol. The van der Waals surface area contributed by atoms with Crippen molar-refractivity contribution < 1.29 is 23.5 Å². The SMILES string of the molecule is CCOc1ccccc1N(C(=O)c1snc(C(N)=O)c1N)[C@H](C(=O)NCCC(C)C)c1ccco1. The maximum absolute atomic E-state index is 14.0. The first-order valence-corrected chi connectivity index (χ1v) is 11.9. The van der Waals surface area contributed by atoms with Crippen molar-refractivity contribution >= 4 is 40.6 Å². The highest BCUT2D eigenvalue weighted by Crippen LogP contribution is 2.38. The van der Waals surface area contributed by atoms with Crippen molar-refractivity contribution in [2.75, 3.05) is 23.8 Å². The molecule has 0 aliphatic heterocycles. The van der Waals surface area contributed by atoms with Crippen molar-refractivity contribution in [3.05, 3.63) is 59.0 Å². The number of nitrogens with zero attached hydrogens (tertiary/aromatic N) is 2. The summed E-state index contributed by atoms with van der Waals surface area (Å²) in [5, 5.41) is 2.90. The van der Waals surface area contributed by atoms with E-state index in [9.17, 15) is 14.4 Å². The third-order valence-corrected chi connectivity index (χ3v) is 5.99. The first kappa shape index (κ1) is 25.8. The number of amides is 3. The van der Waals surface area contributed by atoms with Gasteiger partial charge in [0.1, 0.15) is 16.4 Å². The van der Waals surface area contributed by atoms with Gasteiger partial charge in [-0.3, -0.25) is 19.3 Å². The number of hydrogen-bond acceptors (Lipinski definition) is 8. The van der Waals surface area contributed by atoms with Gasteiger partial charge in [-0.1, -0.05) is 26.0 Å². The van der Waals surface area contributed by atoms with E-state index in [2.05, 4.69) is 9.69 Å². The van der Waals surface area contributed by atoms with Gasteiger partial charge < -0.3 is 25.9 Å². The summed E-state index contributed by atoms with van der Waals surface area (Å²) in [7, 11) is 0. The molecule has 0 saturated carbocycles. The van der Waals surface area contributed by atoms with Crippen LogP contribution in [0, 0.1) is 5.92 Å². The zero-order valence-corrected chi connectivity index (χ0v) is 20.6. The zero-order valence-electron chi connectivity index (χ0n) is 19.8. The molecular weight excluding hydrogens is 470 g/mol. The van der Waals surface area contributed by atoms with Crippen LogP contribution in [0.3, 0.4) is 0 Å². The number of primary amides is 1. The molecule has 10 nitrogen and oxygen atoms in total. The first-order chi connectivity index (χ1) is 16.8. The molecular formula is C24H29N5O5S. The Morgan fingerprint density at radius 3 is 2.54 bits per heavy atom. The number of hydrogen-bond donors (Lipinski definition) is 3. The highest BCUT2D eigenvalue weighted by atomic mass is 32.1. The van der Waals surface area contributed by atoms with Crippen molar-refractivity contribution in [1.82, 2.24) is 9.69 Å². The van der Waals surface area contributed by atoms with Crippen LogP contribution in [0.4, 0.5) is 11.4 Å². The largest absolute Gasteiger partial charge is 0.492 e. The Kier molecular flexibility index (Phi) is 8.48.